The van der Waals surface area contributed by atoms with Crippen LogP contribution in [0.1, 0.15) is 5.56 Å². The summed E-state index contributed by atoms with van der Waals surface area (Å²) in [4.78, 5) is 8.90. The SMILES string of the molecule is N#Cc1ccc(F)cc1.O=C(O)C(F)(F)F. The second-order valence-electron chi connectivity index (χ2n) is 2.42. The van der Waals surface area contributed by atoms with Gasteiger partial charge in [-0.2, -0.15) is 18.4 Å². The van der Waals surface area contributed by atoms with Gasteiger partial charge in [0.25, 0.3) is 0 Å². The van der Waals surface area contributed by atoms with Crippen molar-refractivity contribution in [1.82, 2.24) is 0 Å². The molecule has 1 rings (SSSR count). The first-order valence-electron chi connectivity index (χ1n) is 3.73. The summed E-state index contributed by atoms with van der Waals surface area (Å²) in [6.07, 6.45) is -5.08. The zero-order valence-corrected chi connectivity index (χ0v) is 7.62. The molecule has 0 atom stereocenters. The highest BCUT2D eigenvalue weighted by Gasteiger charge is 2.38. The van der Waals surface area contributed by atoms with Crippen LogP contribution in [-0.4, -0.2) is 17.3 Å². The average molecular weight is 235 g/mol. The van der Waals surface area contributed by atoms with Crippen LogP contribution in [-0.2, 0) is 4.79 Å². The number of carboxylic acid groups (broad SMARTS) is 1. The second-order valence-corrected chi connectivity index (χ2v) is 2.42. The number of alkyl halides is 3. The van der Waals surface area contributed by atoms with Crippen molar-refractivity contribution < 1.29 is 27.5 Å². The van der Waals surface area contributed by atoms with Gasteiger partial charge in [-0.15, -0.1) is 0 Å². The summed E-state index contributed by atoms with van der Waals surface area (Å²) < 4.78 is 43.8. The van der Waals surface area contributed by atoms with E-state index in [4.69, 9.17) is 15.2 Å². The third kappa shape index (κ3) is 5.59. The van der Waals surface area contributed by atoms with Crippen LogP contribution in [0.25, 0.3) is 0 Å². The molecule has 3 nitrogen and oxygen atoms in total. The summed E-state index contributed by atoms with van der Waals surface area (Å²) >= 11 is 0. The predicted molar refractivity (Wildman–Crippen MR) is 44.8 cm³/mol. The molecule has 1 aromatic rings. The molecule has 0 aromatic heterocycles. The van der Waals surface area contributed by atoms with Gasteiger partial charge >= 0.3 is 12.1 Å². The molecule has 0 aliphatic rings. The van der Waals surface area contributed by atoms with E-state index in [1.807, 2.05) is 6.07 Å². The molecule has 0 heterocycles. The molecule has 0 spiro atoms. The highest BCUT2D eigenvalue weighted by atomic mass is 19.4. The van der Waals surface area contributed by atoms with Crippen molar-refractivity contribution in [3.63, 3.8) is 0 Å². The summed E-state index contributed by atoms with van der Waals surface area (Å²) in [6.45, 7) is 0. The van der Waals surface area contributed by atoms with Gasteiger partial charge in [-0.25, -0.2) is 9.18 Å². The van der Waals surface area contributed by atoms with Crippen LogP contribution in [0.5, 0.6) is 0 Å². The number of nitrogens with zero attached hydrogens (tertiary/aromatic N) is 1. The van der Waals surface area contributed by atoms with E-state index in [0.29, 0.717) is 5.56 Å². The second kappa shape index (κ2) is 5.70. The molecule has 1 aromatic carbocycles. The van der Waals surface area contributed by atoms with E-state index in [1.54, 1.807) is 0 Å². The van der Waals surface area contributed by atoms with E-state index >= 15 is 0 Å². The standard InChI is InChI=1S/C7H4FN.C2HF3O2/c8-7-3-1-6(5-9)2-4-7;3-2(4,5)1(6)7/h1-4H;(H,6,7). The van der Waals surface area contributed by atoms with Gasteiger partial charge < -0.3 is 5.11 Å². The van der Waals surface area contributed by atoms with E-state index in [2.05, 4.69) is 0 Å². The molecule has 7 heteroatoms. The lowest BCUT2D eigenvalue weighted by Crippen LogP contribution is -2.21. The molecule has 1 N–H and O–H groups in total. The highest BCUT2D eigenvalue weighted by Crippen LogP contribution is 2.13. The van der Waals surface area contributed by atoms with Crippen LogP contribution in [0, 0.1) is 17.1 Å². The van der Waals surface area contributed by atoms with Crippen molar-refractivity contribution in [1.29, 1.82) is 5.26 Å². The van der Waals surface area contributed by atoms with Crippen LogP contribution in [0.3, 0.4) is 0 Å². The van der Waals surface area contributed by atoms with Crippen LogP contribution < -0.4 is 0 Å². The Morgan fingerprint density at radius 1 is 1.25 bits per heavy atom. The zero-order chi connectivity index (χ0) is 12.8. The van der Waals surface area contributed by atoms with Crippen molar-refractivity contribution in [3.8, 4) is 6.07 Å². The van der Waals surface area contributed by atoms with Gasteiger partial charge in [0.1, 0.15) is 5.82 Å². The molecule has 16 heavy (non-hydrogen) atoms. The first kappa shape index (κ1) is 13.9. The van der Waals surface area contributed by atoms with Gasteiger partial charge in [0, 0.05) is 0 Å². The van der Waals surface area contributed by atoms with Crippen LogP contribution in [0.15, 0.2) is 24.3 Å². The molecule has 0 fully saturated rings. The topological polar surface area (TPSA) is 61.1 Å². The van der Waals surface area contributed by atoms with Crippen molar-refractivity contribution in [2.45, 2.75) is 6.18 Å². The van der Waals surface area contributed by atoms with E-state index in [0.717, 1.165) is 0 Å². The monoisotopic (exact) mass is 235 g/mol. The number of aliphatic carboxylic acids is 1. The minimum absolute atomic E-state index is 0.311. The molecule has 0 bridgehead atoms. The molecular formula is C9H5F4NO2. The number of hydrogen-bond acceptors (Lipinski definition) is 2. The number of nitriles is 1. The van der Waals surface area contributed by atoms with Crippen molar-refractivity contribution in [3.05, 3.63) is 35.6 Å². The Hall–Kier alpha value is -2.10. The Labute approximate surface area is 87.5 Å². The molecule has 0 saturated heterocycles. The Kier molecular flexibility index (Phi) is 4.95. The van der Waals surface area contributed by atoms with Crippen LogP contribution in [0.2, 0.25) is 0 Å². The fourth-order valence-corrected chi connectivity index (χ4v) is 0.524. The molecule has 0 aliphatic heterocycles. The number of halogens is 4. The maximum absolute atomic E-state index is 12.1. The van der Waals surface area contributed by atoms with Gasteiger partial charge in [0.2, 0.25) is 0 Å². The molecule has 0 amide bonds. The quantitative estimate of drug-likeness (QED) is 0.702. The summed E-state index contributed by atoms with van der Waals surface area (Å²) in [5.74, 6) is -3.07. The van der Waals surface area contributed by atoms with Gasteiger partial charge in [-0.1, -0.05) is 0 Å². The van der Waals surface area contributed by atoms with Crippen molar-refractivity contribution in [2.24, 2.45) is 0 Å². The fourth-order valence-electron chi connectivity index (χ4n) is 0.524. The first-order chi connectivity index (χ1) is 7.27. The lowest BCUT2D eigenvalue weighted by molar-refractivity contribution is -0.192. The fraction of sp³-hybridized carbons (Fsp3) is 0.111. The Morgan fingerprint density at radius 2 is 1.62 bits per heavy atom. The smallest absolute Gasteiger partial charge is 0.475 e. The number of carboxylic acids is 1. The molecule has 0 aliphatic carbocycles. The van der Waals surface area contributed by atoms with E-state index in [-0.39, 0.29) is 5.82 Å². The number of carbonyl (C=O) groups is 1. The highest BCUT2D eigenvalue weighted by molar-refractivity contribution is 5.73. The predicted octanol–water partition coefficient (Wildman–Crippen LogP) is 2.33. The molecule has 0 unspecified atom stereocenters. The minimum Gasteiger partial charge on any atom is -0.475 e. The van der Waals surface area contributed by atoms with E-state index in [9.17, 15) is 17.6 Å². The largest absolute Gasteiger partial charge is 0.490 e. The zero-order valence-electron chi connectivity index (χ0n) is 7.62. The molecule has 0 saturated carbocycles. The maximum Gasteiger partial charge on any atom is 0.490 e. The van der Waals surface area contributed by atoms with Gasteiger partial charge in [0.05, 0.1) is 11.6 Å². The van der Waals surface area contributed by atoms with Gasteiger partial charge in [-0.3, -0.25) is 0 Å². The normalized spacial score (nSPS) is 9.69. The van der Waals surface area contributed by atoms with Crippen molar-refractivity contribution in [2.75, 3.05) is 0 Å². The lowest BCUT2D eigenvalue weighted by atomic mass is 10.2. The summed E-state index contributed by atoms with van der Waals surface area (Å²) in [5, 5.41) is 15.4. The summed E-state index contributed by atoms with van der Waals surface area (Å²) in [6, 6.07) is 7.29. The van der Waals surface area contributed by atoms with E-state index in [1.165, 1.54) is 24.3 Å². The van der Waals surface area contributed by atoms with Crippen LogP contribution >= 0.6 is 0 Å². The van der Waals surface area contributed by atoms with Crippen molar-refractivity contribution >= 4 is 5.97 Å². The average Bonchev–Trinajstić information content (AvgIpc) is 2.18. The van der Waals surface area contributed by atoms with Gasteiger partial charge in [0.15, 0.2) is 0 Å². The summed E-state index contributed by atoms with van der Waals surface area (Å²) in [5.41, 5.74) is 0.483. The Morgan fingerprint density at radius 3 is 1.88 bits per heavy atom. The van der Waals surface area contributed by atoms with Crippen LogP contribution in [0.4, 0.5) is 17.6 Å². The number of rotatable bonds is 0. The number of hydrogen-bond donors (Lipinski definition) is 1. The number of benzene rings is 1. The maximum atomic E-state index is 12.1. The third-order valence-corrected chi connectivity index (χ3v) is 1.22. The first-order valence-corrected chi connectivity index (χ1v) is 3.73. The Bertz CT molecular complexity index is 391. The third-order valence-electron chi connectivity index (χ3n) is 1.22. The summed E-state index contributed by atoms with van der Waals surface area (Å²) in [7, 11) is 0. The van der Waals surface area contributed by atoms with E-state index < -0.39 is 12.1 Å². The molecular weight excluding hydrogens is 230 g/mol. The van der Waals surface area contributed by atoms with Gasteiger partial charge in [-0.05, 0) is 24.3 Å². The molecule has 0 radical (unpaired) electrons. The minimum atomic E-state index is -5.08. The Balaban J connectivity index is 0.000000293. The lowest BCUT2D eigenvalue weighted by Gasteiger charge is -1.93. The molecule has 86 valence electrons.